The number of imidazole rings is 1. The third-order valence-corrected chi connectivity index (χ3v) is 11.9. The number of aliphatic hydroxyl groups is 1. The van der Waals surface area contributed by atoms with E-state index in [0.29, 0.717) is 10.8 Å². The second kappa shape index (κ2) is 8.36. The molecule has 6 unspecified atom stereocenters. The molecule has 4 aliphatic carbocycles. The molecule has 3 heteroatoms. The molecular formula is C31H46N2O. The number of aliphatic hydroxyl groups excluding tert-OH is 1. The molecule has 9 atom stereocenters. The highest BCUT2D eigenvalue weighted by Crippen LogP contribution is 2.68. The van der Waals surface area contributed by atoms with E-state index in [1.807, 2.05) is 0 Å². The topological polar surface area (TPSA) is 48.9 Å². The molecule has 1 aromatic heterocycles. The zero-order valence-corrected chi connectivity index (χ0v) is 21.9. The molecule has 1 aromatic carbocycles. The molecule has 3 nitrogen and oxygen atoms in total. The smallest absolute Gasteiger partial charge is 0.107 e. The first-order chi connectivity index (χ1) is 16.3. The van der Waals surface area contributed by atoms with Crippen LogP contribution in [-0.4, -0.2) is 21.2 Å². The molecule has 0 spiro atoms. The second-order valence-electron chi connectivity index (χ2n) is 13.5. The van der Waals surface area contributed by atoms with Crippen LogP contribution in [0.5, 0.6) is 0 Å². The standard InChI is InChI=1S/C31H46N2O/c1-19-5-11-27-28(17-19)33-29(32-27)12-6-20(2)24-9-10-25-23-8-7-21-18-22(34)13-15-30(21,3)26(23)14-16-31(24,25)4/h5,11,17,20-26,34H,6-10,12-16,18H2,1-4H3,(H,32,33)/t20?,21-,22?,23?,24?,25?,26?,30+,31-/m1/s1. The predicted molar refractivity (Wildman–Crippen MR) is 140 cm³/mol. The average molecular weight is 463 g/mol. The van der Waals surface area contributed by atoms with Crippen molar-refractivity contribution < 1.29 is 5.11 Å². The van der Waals surface area contributed by atoms with Crippen LogP contribution in [0.15, 0.2) is 18.2 Å². The van der Waals surface area contributed by atoms with Gasteiger partial charge in [-0.15, -0.1) is 0 Å². The normalized spacial score (nSPS) is 42.7. The zero-order chi connectivity index (χ0) is 23.7. The average Bonchev–Trinajstić information content (AvgIpc) is 3.37. The summed E-state index contributed by atoms with van der Waals surface area (Å²) in [7, 11) is 0. The summed E-state index contributed by atoms with van der Waals surface area (Å²) in [6.07, 6.45) is 14.2. The largest absolute Gasteiger partial charge is 0.393 e. The van der Waals surface area contributed by atoms with Gasteiger partial charge in [-0.3, -0.25) is 0 Å². The molecule has 6 rings (SSSR count). The first-order valence-corrected chi connectivity index (χ1v) is 14.4. The number of hydrogen-bond acceptors (Lipinski definition) is 2. The minimum Gasteiger partial charge on any atom is -0.393 e. The van der Waals surface area contributed by atoms with Gasteiger partial charge in [0.1, 0.15) is 5.82 Å². The van der Waals surface area contributed by atoms with E-state index in [9.17, 15) is 5.11 Å². The van der Waals surface area contributed by atoms with Crippen molar-refractivity contribution in [1.29, 1.82) is 0 Å². The van der Waals surface area contributed by atoms with E-state index in [4.69, 9.17) is 4.98 Å². The van der Waals surface area contributed by atoms with Crippen LogP contribution in [0.25, 0.3) is 11.0 Å². The van der Waals surface area contributed by atoms with E-state index < -0.39 is 0 Å². The lowest BCUT2D eigenvalue weighted by molar-refractivity contribution is -0.129. The number of nitrogens with zero attached hydrogens (tertiary/aromatic N) is 1. The molecule has 2 aromatic rings. The highest BCUT2D eigenvalue weighted by Gasteiger charge is 2.60. The molecule has 0 saturated heterocycles. The Morgan fingerprint density at radius 2 is 1.82 bits per heavy atom. The molecule has 4 saturated carbocycles. The SMILES string of the molecule is Cc1ccc2nc(CCC(C)C3CCC4C5CC[C@@H]6CC(O)CC[C@]6(C)C5CC[C@]34C)[nH]c2c1. The van der Waals surface area contributed by atoms with E-state index in [1.165, 1.54) is 68.3 Å². The van der Waals surface area contributed by atoms with Crippen LogP contribution >= 0.6 is 0 Å². The van der Waals surface area contributed by atoms with E-state index in [-0.39, 0.29) is 6.10 Å². The third kappa shape index (κ3) is 3.59. The van der Waals surface area contributed by atoms with Crippen molar-refractivity contribution >= 4 is 11.0 Å². The predicted octanol–water partition coefficient (Wildman–Crippen LogP) is 7.46. The number of hydrogen-bond donors (Lipinski definition) is 2. The molecule has 186 valence electrons. The number of aromatic nitrogens is 2. The Hall–Kier alpha value is -1.35. The summed E-state index contributed by atoms with van der Waals surface area (Å²) in [5, 5.41) is 10.3. The van der Waals surface area contributed by atoms with Crippen molar-refractivity contribution in [2.24, 2.45) is 46.3 Å². The van der Waals surface area contributed by atoms with Crippen molar-refractivity contribution in [1.82, 2.24) is 9.97 Å². The van der Waals surface area contributed by atoms with Crippen LogP contribution < -0.4 is 0 Å². The molecule has 2 N–H and O–H groups in total. The van der Waals surface area contributed by atoms with Crippen molar-refractivity contribution in [2.75, 3.05) is 0 Å². The van der Waals surface area contributed by atoms with Crippen molar-refractivity contribution in [3.8, 4) is 0 Å². The van der Waals surface area contributed by atoms with E-state index in [2.05, 4.69) is 50.9 Å². The second-order valence-corrected chi connectivity index (χ2v) is 13.5. The highest BCUT2D eigenvalue weighted by molar-refractivity contribution is 5.75. The Bertz CT molecular complexity index is 1040. The lowest BCUT2D eigenvalue weighted by Gasteiger charge is -2.61. The molecule has 0 aliphatic heterocycles. The molecule has 0 amide bonds. The maximum atomic E-state index is 10.3. The van der Waals surface area contributed by atoms with Crippen LogP contribution in [0.3, 0.4) is 0 Å². The summed E-state index contributed by atoms with van der Waals surface area (Å²) >= 11 is 0. The van der Waals surface area contributed by atoms with Crippen molar-refractivity contribution in [3.63, 3.8) is 0 Å². The highest BCUT2D eigenvalue weighted by atomic mass is 16.3. The van der Waals surface area contributed by atoms with Gasteiger partial charge in [0.25, 0.3) is 0 Å². The Morgan fingerprint density at radius 1 is 1.03 bits per heavy atom. The lowest BCUT2D eigenvalue weighted by Crippen LogP contribution is -2.54. The number of aromatic amines is 1. The Labute approximate surface area is 206 Å². The Kier molecular flexibility index (Phi) is 5.67. The van der Waals surface area contributed by atoms with Gasteiger partial charge in [0.05, 0.1) is 17.1 Å². The summed E-state index contributed by atoms with van der Waals surface area (Å²) < 4.78 is 0. The number of nitrogens with one attached hydrogen (secondary N) is 1. The van der Waals surface area contributed by atoms with E-state index in [0.717, 1.165) is 60.3 Å². The van der Waals surface area contributed by atoms with Crippen LogP contribution in [0, 0.1) is 53.3 Å². The summed E-state index contributed by atoms with van der Waals surface area (Å²) in [6.45, 7) is 9.99. The molecule has 34 heavy (non-hydrogen) atoms. The minimum absolute atomic E-state index is 0.0315. The molecule has 0 bridgehead atoms. The van der Waals surface area contributed by atoms with Gasteiger partial charge in [0, 0.05) is 6.42 Å². The summed E-state index contributed by atoms with van der Waals surface area (Å²) in [4.78, 5) is 8.47. The van der Waals surface area contributed by atoms with Crippen LogP contribution in [0.4, 0.5) is 0 Å². The molecule has 4 aliphatic rings. The number of fused-ring (bicyclic) bond motifs is 6. The summed E-state index contributed by atoms with van der Waals surface area (Å²) in [5.41, 5.74) is 4.62. The van der Waals surface area contributed by atoms with Crippen molar-refractivity contribution in [3.05, 3.63) is 29.6 Å². The van der Waals surface area contributed by atoms with Crippen LogP contribution in [-0.2, 0) is 6.42 Å². The summed E-state index contributed by atoms with van der Waals surface area (Å²) in [5.74, 6) is 6.34. The fraction of sp³-hybridized carbons (Fsp3) is 0.774. The van der Waals surface area contributed by atoms with Gasteiger partial charge >= 0.3 is 0 Å². The molecule has 1 heterocycles. The van der Waals surface area contributed by atoms with Gasteiger partial charge in [-0.05, 0) is 135 Å². The molecule has 0 radical (unpaired) electrons. The van der Waals surface area contributed by atoms with Gasteiger partial charge in [-0.2, -0.15) is 0 Å². The van der Waals surface area contributed by atoms with Crippen LogP contribution in [0.1, 0.15) is 96.4 Å². The number of rotatable bonds is 4. The lowest BCUT2D eigenvalue weighted by atomic mass is 9.44. The fourth-order valence-electron chi connectivity index (χ4n) is 10.1. The quantitative estimate of drug-likeness (QED) is 0.495. The van der Waals surface area contributed by atoms with E-state index >= 15 is 0 Å². The number of aryl methyl sites for hydroxylation is 2. The van der Waals surface area contributed by atoms with Crippen LogP contribution in [0.2, 0.25) is 0 Å². The third-order valence-electron chi connectivity index (χ3n) is 11.9. The first-order valence-electron chi connectivity index (χ1n) is 14.4. The van der Waals surface area contributed by atoms with Crippen molar-refractivity contribution in [2.45, 2.75) is 104 Å². The van der Waals surface area contributed by atoms with Gasteiger partial charge in [-0.1, -0.05) is 26.8 Å². The fourth-order valence-corrected chi connectivity index (χ4v) is 10.1. The minimum atomic E-state index is -0.0315. The maximum Gasteiger partial charge on any atom is 0.107 e. The molecule has 4 fully saturated rings. The number of benzene rings is 1. The first kappa shape index (κ1) is 23.1. The van der Waals surface area contributed by atoms with Gasteiger partial charge in [-0.25, -0.2) is 4.98 Å². The van der Waals surface area contributed by atoms with Gasteiger partial charge in [0.15, 0.2) is 0 Å². The zero-order valence-electron chi connectivity index (χ0n) is 21.9. The Morgan fingerprint density at radius 3 is 2.68 bits per heavy atom. The van der Waals surface area contributed by atoms with Gasteiger partial charge < -0.3 is 10.1 Å². The number of H-pyrrole nitrogens is 1. The molecular weight excluding hydrogens is 416 g/mol. The Balaban J connectivity index is 1.15. The van der Waals surface area contributed by atoms with E-state index in [1.54, 1.807) is 0 Å². The maximum absolute atomic E-state index is 10.3. The van der Waals surface area contributed by atoms with Gasteiger partial charge in [0.2, 0.25) is 0 Å². The summed E-state index contributed by atoms with van der Waals surface area (Å²) in [6, 6.07) is 6.53. The monoisotopic (exact) mass is 462 g/mol.